The molecule has 4 aromatic carbocycles. The van der Waals surface area contributed by atoms with Crippen molar-refractivity contribution in [1.82, 2.24) is 40.4 Å². The Hall–Kier alpha value is -6.70. The SMILES string of the molecule is COC(=O)NC(C(=O)N1CCCC1c1nc2ccc(-c3ccc(-c4ccc(-c5ccc6nc(C7CCCN7C(=O)C(NC(=O)OC)C(C)C)[nH]c6c5)cc4)cc3)cc2[nH]1)C(C)C. The van der Waals surface area contributed by atoms with Gasteiger partial charge in [0.25, 0.3) is 0 Å². The molecule has 14 nitrogen and oxygen atoms in total. The predicted molar refractivity (Wildman–Crippen MR) is 238 cm³/mol. The van der Waals surface area contributed by atoms with Crippen LogP contribution in [0.1, 0.15) is 77.1 Å². The Bertz CT molecular complexity index is 2420. The number of nitrogens with zero attached hydrogens (tertiary/aromatic N) is 4. The van der Waals surface area contributed by atoms with Crippen LogP contribution in [0.15, 0.2) is 84.9 Å². The van der Waals surface area contributed by atoms with Gasteiger partial charge in [-0.1, -0.05) is 88.4 Å². The smallest absolute Gasteiger partial charge is 0.407 e. The molecule has 2 aliphatic rings. The highest BCUT2D eigenvalue weighted by Gasteiger charge is 2.39. The monoisotopic (exact) mass is 838 g/mol. The molecule has 2 saturated heterocycles. The number of aromatic amines is 2. The molecule has 62 heavy (non-hydrogen) atoms. The Morgan fingerprint density at radius 2 is 0.903 bits per heavy atom. The summed E-state index contributed by atoms with van der Waals surface area (Å²) in [6.07, 6.45) is 2.03. The Labute approximate surface area is 360 Å². The summed E-state index contributed by atoms with van der Waals surface area (Å²) < 4.78 is 9.56. The second kappa shape index (κ2) is 17.7. The minimum Gasteiger partial charge on any atom is -0.453 e. The summed E-state index contributed by atoms with van der Waals surface area (Å²) >= 11 is 0. The van der Waals surface area contributed by atoms with Gasteiger partial charge in [-0.05, 0) is 95.2 Å². The number of rotatable bonds is 11. The average molecular weight is 839 g/mol. The molecule has 2 aliphatic heterocycles. The van der Waals surface area contributed by atoms with E-state index in [2.05, 4.69) is 93.4 Å². The number of carbonyl (C=O) groups excluding carboxylic acids is 4. The van der Waals surface area contributed by atoms with Gasteiger partial charge in [0, 0.05) is 13.1 Å². The number of hydrogen-bond donors (Lipinski definition) is 4. The maximum Gasteiger partial charge on any atom is 0.407 e. The molecule has 4 amide bonds. The third-order valence-corrected chi connectivity index (χ3v) is 12.3. The lowest BCUT2D eigenvalue weighted by Crippen LogP contribution is -2.51. The van der Waals surface area contributed by atoms with Crippen LogP contribution in [0, 0.1) is 11.8 Å². The van der Waals surface area contributed by atoms with Gasteiger partial charge in [0.15, 0.2) is 0 Å². The summed E-state index contributed by atoms with van der Waals surface area (Å²) in [5, 5.41) is 5.42. The number of ether oxygens (including phenoxy) is 2. The Balaban J connectivity index is 0.943. The Morgan fingerprint density at radius 1 is 0.565 bits per heavy atom. The molecule has 2 aromatic heterocycles. The standard InChI is InChI=1S/C48H54N8O6/c1-27(2)41(53-47(59)61-5)45(57)55-23-7-9-39(55)43-49-35-21-19-33(25-37(35)51-43)31-15-11-29(12-16-31)30-13-17-32(18-14-30)34-20-22-36-38(26-34)52-44(50-36)40-10-8-24-56(40)46(58)42(28(3)4)54-48(60)62-6/h11-22,25-28,39-42H,7-10,23-24H2,1-6H3,(H,49,51)(H,50,52)(H,53,59)(H,54,60). The number of benzene rings is 4. The van der Waals surface area contributed by atoms with Gasteiger partial charge in [0.05, 0.1) is 48.4 Å². The Kier molecular flexibility index (Phi) is 12.0. The molecule has 2 fully saturated rings. The number of imidazole rings is 2. The number of methoxy groups -OCH3 is 2. The number of nitrogens with one attached hydrogen (secondary N) is 4. The summed E-state index contributed by atoms with van der Waals surface area (Å²) in [5.41, 5.74) is 9.91. The van der Waals surface area contributed by atoms with Crippen LogP contribution in [0.25, 0.3) is 55.4 Å². The van der Waals surface area contributed by atoms with Crippen molar-refractivity contribution >= 4 is 46.1 Å². The second-order valence-electron chi connectivity index (χ2n) is 17.0. The average Bonchev–Trinajstić information content (AvgIpc) is 4.12. The van der Waals surface area contributed by atoms with E-state index in [9.17, 15) is 19.2 Å². The fourth-order valence-corrected chi connectivity index (χ4v) is 8.83. The van der Waals surface area contributed by atoms with Gasteiger partial charge in [-0.25, -0.2) is 19.6 Å². The van der Waals surface area contributed by atoms with E-state index in [-0.39, 0.29) is 35.7 Å². The molecular weight excluding hydrogens is 785 g/mol. The molecule has 6 aromatic rings. The first-order chi connectivity index (χ1) is 29.9. The van der Waals surface area contributed by atoms with Crippen LogP contribution in [0.4, 0.5) is 9.59 Å². The van der Waals surface area contributed by atoms with Crippen LogP contribution in [0.2, 0.25) is 0 Å². The van der Waals surface area contributed by atoms with Crippen molar-refractivity contribution < 1.29 is 28.7 Å². The van der Waals surface area contributed by atoms with Gasteiger partial charge in [-0.3, -0.25) is 9.59 Å². The quantitative estimate of drug-likeness (QED) is 0.100. The van der Waals surface area contributed by atoms with Crippen LogP contribution in [0.3, 0.4) is 0 Å². The van der Waals surface area contributed by atoms with Crippen LogP contribution in [-0.4, -0.2) is 93.1 Å². The number of fused-ring (bicyclic) bond motifs is 2. The van der Waals surface area contributed by atoms with Crippen molar-refractivity contribution in [2.45, 2.75) is 77.5 Å². The molecule has 0 saturated carbocycles. The van der Waals surface area contributed by atoms with Crippen molar-refractivity contribution in [2.24, 2.45) is 11.8 Å². The highest BCUT2D eigenvalue weighted by Crippen LogP contribution is 2.36. The topological polar surface area (TPSA) is 175 Å². The lowest BCUT2D eigenvalue weighted by Gasteiger charge is -2.29. The lowest BCUT2D eigenvalue weighted by atomic mass is 9.98. The number of H-pyrrole nitrogens is 2. The number of amides is 4. The van der Waals surface area contributed by atoms with Crippen molar-refractivity contribution in [1.29, 1.82) is 0 Å². The van der Waals surface area contributed by atoms with E-state index >= 15 is 0 Å². The van der Waals surface area contributed by atoms with Crippen molar-refractivity contribution in [3.63, 3.8) is 0 Å². The molecule has 4 heterocycles. The molecule has 4 N–H and O–H groups in total. The maximum atomic E-state index is 13.6. The first-order valence-corrected chi connectivity index (χ1v) is 21.4. The zero-order chi connectivity index (χ0) is 43.7. The lowest BCUT2D eigenvalue weighted by molar-refractivity contribution is -0.136. The first-order valence-electron chi connectivity index (χ1n) is 21.4. The molecule has 322 valence electrons. The van der Waals surface area contributed by atoms with Crippen LogP contribution < -0.4 is 10.6 Å². The first kappa shape index (κ1) is 42.0. The highest BCUT2D eigenvalue weighted by atomic mass is 16.5. The number of aromatic nitrogens is 4. The van der Waals surface area contributed by atoms with Gasteiger partial charge in [-0.15, -0.1) is 0 Å². The van der Waals surface area contributed by atoms with Crippen LogP contribution in [-0.2, 0) is 19.1 Å². The normalized spacial score (nSPS) is 17.5. The van der Waals surface area contributed by atoms with E-state index in [1.807, 2.05) is 49.6 Å². The van der Waals surface area contributed by atoms with Gasteiger partial charge >= 0.3 is 12.2 Å². The van der Waals surface area contributed by atoms with Crippen molar-refractivity contribution in [2.75, 3.05) is 27.3 Å². The van der Waals surface area contributed by atoms with Gasteiger partial charge in [0.1, 0.15) is 23.7 Å². The fourth-order valence-electron chi connectivity index (χ4n) is 8.83. The number of alkyl carbamates (subject to hydrolysis) is 2. The molecule has 0 spiro atoms. The van der Waals surface area contributed by atoms with Gasteiger partial charge < -0.3 is 39.9 Å². The van der Waals surface area contributed by atoms with Crippen LogP contribution >= 0.6 is 0 Å². The molecule has 0 bridgehead atoms. The molecule has 0 radical (unpaired) electrons. The molecule has 8 rings (SSSR count). The largest absolute Gasteiger partial charge is 0.453 e. The van der Waals surface area contributed by atoms with Gasteiger partial charge in [-0.2, -0.15) is 0 Å². The van der Waals surface area contributed by atoms with Crippen molar-refractivity contribution in [3.05, 3.63) is 96.6 Å². The predicted octanol–water partition coefficient (Wildman–Crippen LogP) is 8.53. The Morgan fingerprint density at radius 3 is 1.24 bits per heavy atom. The number of carbonyl (C=O) groups is 4. The van der Waals surface area contributed by atoms with E-state index in [0.29, 0.717) is 13.1 Å². The summed E-state index contributed by atoms with van der Waals surface area (Å²) in [6, 6.07) is 27.6. The van der Waals surface area contributed by atoms with Gasteiger partial charge in [0.2, 0.25) is 11.8 Å². The minimum atomic E-state index is -0.688. The summed E-state index contributed by atoms with van der Waals surface area (Å²) in [7, 11) is 2.59. The zero-order valence-corrected chi connectivity index (χ0v) is 36.0. The van der Waals surface area contributed by atoms with E-state index < -0.39 is 24.3 Å². The summed E-state index contributed by atoms with van der Waals surface area (Å²) in [6.45, 7) is 8.83. The minimum absolute atomic E-state index is 0.105. The summed E-state index contributed by atoms with van der Waals surface area (Å²) in [4.78, 5) is 71.7. The fraction of sp³-hybridized carbons (Fsp3) is 0.375. The molecule has 0 aliphatic carbocycles. The maximum absolute atomic E-state index is 13.6. The van der Waals surface area contributed by atoms with E-state index in [0.717, 1.165) is 92.8 Å². The summed E-state index contributed by atoms with van der Waals surface area (Å²) in [5.74, 6) is 1.01. The molecule has 4 atom stereocenters. The van der Waals surface area contributed by atoms with E-state index in [1.165, 1.54) is 14.2 Å². The third-order valence-electron chi connectivity index (χ3n) is 12.3. The molecule has 14 heteroatoms. The molecule has 4 unspecified atom stereocenters. The zero-order valence-electron chi connectivity index (χ0n) is 36.0. The molecular formula is C48H54N8O6. The second-order valence-corrected chi connectivity index (χ2v) is 17.0. The van der Waals surface area contributed by atoms with E-state index in [4.69, 9.17) is 19.4 Å². The number of hydrogen-bond acceptors (Lipinski definition) is 8. The van der Waals surface area contributed by atoms with Crippen LogP contribution in [0.5, 0.6) is 0 Å². The van der Waals surface area contributed by atoms with Crippen molar-refractivity contribution in [3.8, 4) is 33.4 Å². The number of likely N-dealkylation sites (tertiary alicyclic amines) is 2. The highest BCUT2D eigenvalue weighted by molar-refractivity contribution is 5.88. The van der Waals surface area contributed by atoms with E-state index in [1.54, 1.807) is 0 Å². The third kappa shape index (κ3) is 8.46.